The molecule has 162 valence electrons. The van der Waals surface area contributed by atoms with Crippen LogP contribution in [0.2, 0.25) is 0 Å². The van der Waals surface area contributed by atoms with E-state index in [9.17, 15) is 19.4 Å². The van der Waals surface area contributed by atoms with Crippen molar-refractivity contribution in [2.24, 2.45) is 0 Å². The molecule has 0 bridgehead atoms. The molecule has 0 aliphatic carbocycles. The molecule has 1 aliphatic rings. The van der Waals surface area contributed by atoms with Gasteiger partial charge in [0.1, 0.15) is 17.4 Å². The fraction of sp³-hybridized carbons (Fsp3) is 0.348. The first kappa shape index (κ1) is 20.8. The number of aromatic hydroxyl groups is 1. The maximum absolute atomic E-state index is 14.1. The molecule has 0 unspecified atom stereocenters. The molecule has 0 spiro atoms. The van der Waals surface area contributed by atoms with Crippen LogP contribution in [-0.2, 0) is 0 Å². The number of hydrogen-bond donors (Lipinski definition) is 2. The van der Waals surface area contributed by atoms with Gasteiger partial charge in [0.2, 0.25) is 0 Å². The lowest BCUT2D eigenvalue weighted by Gasteiger charge is -2.38. The van der Waals surface area contributed by atoms with Gasteiger partial charge in [0.25, 0.3) is 0 Å². The Morgan fingerprint density at radius 1 is 1.19 bits per heavy atom. The van der Waals surface area contributed by atoms with Crippen molar-refractivity contribution in [3.63, 3.8) is 0 Å². The molecule has 1 aromatic heterocycles. The highest BCUT2D eigenvalue weighted by molar-refractivity contribution is 5.91. The number of carboxylic acid groups (broad SMARTS) is 1. The van der Waals surface area contributed by atoms with E-state index in [-0.39, 0.29) is 11.8 Å². The van der Waals surface area contributed by atoms with E-state index in [1.807, 2.05) is 25.7 Å². The van der Waals surface area contributed by atoms with E-state index in [2.05, 4.69) is 9.97 Å². The van der Waals surface area contributed by atoms with Crippen LogP contribution >= 0.6 is 0 Å². The fourth-order valence-corrected chi connectivity index (χ4v) is 4.24. The molecular weight excluding hydrogens is 399 g/mol. The molecule has 4 rings (SSSR count). The number of carbonyl (C=O) groups is 1. The molecule has 7 nitrogen and oxygen atoms in total. The summed E-state index contributed by atoms with van der Waals surface area (Å²) >= 11 is 0. The summed E-state index contributed by atoms with van der Waals surface area (Å²) in [6, 6.07) is 10.9. The Labute approximate surface area is 179 Å². The van der Waals surface area contributed by atoms with Gasteiger partial charge in [-0.25, -0.2) is 19.2 Å². The van der Waals surface area contributed by atoms with E-state index in [0.717, 1.165) is 0 Å². The molecule has 2 N–H and O–H groups in total. The van der Waals surface area contributed by atoms with Gasteiger partial charge in [-0.2, -0.15) is 0 Å². The number of halogens is 1. The number of anilines is 1. The van der Waals surface area contributed by atoms with E-state index in [1.54, 1.807) is 30.3 Å². The summed E-state index contributed by atoms with van der Waals surface area (Å²) in [5.74, 6) is 0.523. The van der Waals surface area contributed by atoms with Crippen LogP contribution in [0.4, 0.5) is 15.0 Å². The quantitative estimate of drug-likeness (QED) is 0.644. The van der Waals surface area contributed by atoms with Crippen molar-refractivity contribution in [2.75, 3.05) is 18.0 Å². The second-order valence-electron chi connectivity index (χ2n) is 8.76. The van der Waals surface area contributed by atoms with Crippen LogP contribution in [0, 0.1) is 5.82 Å². The molecule has 1 aliphatic heterocycles. The first-order chi connectivity index (χ1) is 14.6. The topological polar surface area (TPSA) is 89.8 Å². The molecule has 1 amide bonds. The number of phenols is 1. The lowest BCUT2D eigenvalue weighted by molar-refractivity contribution is 0.0763. The first-order valence-electron chi connectivity index (χ1n) is 10.2. The van der Waals surface area contributed by atoms with Crippen molar-refractivity contribution in [1.29, 1.82) is 0 Å². The molecule has 1 saturated heterocycles. The Bertz CT molecular complexity index is 1150. The molecule has 0 saturated carbocycles. The zero-order chi connectivity index (χ0) is 22.3. The van der Waals surface area contributed by atoms with E-state index in [1.165, 1.54) is 17.0 Å². The maximum Gasteiger partial charge on any atom is 0.408 e. The molecule has 1 atom stereocenters. The highest BCUT2D eigenvalue weighted by atomic mass is 19.1. The van der Waals surface area contributed by atoms with Crippen LogP contribution in [0.15, 0.2) is 42.5 Å². The Kier molecular flexibility index (Phi) is 5.16. The Morgan fingerprint density at radius 3 is 2.61 bits per heavy atom. The minimum Gasteiger partial charge on any atom is -0.507 e. The summed E-state index contributed by atoms with van der Waals surface area (Å²) in [6.45, 7) is 6.63. The highest BCUT2D eigenvalue weighted by Crippen LogP contribution is 2.34. The average Bonchev–Trinajstić information content (AvgIpc) is 3.15. The van der Waals surface area contributed by atoms with Gasteiger partial charge in [-0.1, -0.05) is 12.1 Å². The molecule has 2 aromatic carbocycles. The van der Waals surface area contributed by atoms with Gasteiger partial charge in [0.05, 0.1) is 17.1 Å². The summed E-state index contributed by atoms with van der Waals surface area (Å²) in [5, 5.41) is 20.6. The van der Waals surface area contributed by atoms with Crippen molar-refractivity contribution < 1.29 is 19.4 Å². The van der Waals surface area contributed by atoms with Gasteiger partial charge in [-0.05, 0) is 57.5 Å². The minimum atomic E-state index is -0.965. The lowest BCUT2D eigenvalue weighted by Crippen LogP contribution is -2.52. The molecule has 8 heteroatoms. The number of benzene rings is 2. The lowest BCUT2D eigenvalue weighted by atomic mass is 10.0. The second kappa shape index (κ2) is 7.68. The van der Waals surface area contributed by atoms with Crippen molar-refractivity contribution in [3.05, 3.63) is 48.3 Å². The van der Waals surface area contributed by atoms with E-state index in [4.69, 9.17) is 0 Å². The van der Waals surface area contributed by atoms with Crippen molar-refractivity contribution in [1.82, 2.24) is 14.9 Å². The second-order valence-corrected chi connectivity index (χ2v) is 8.76. The van der Waals surface area contributed by atoms with Gasteiger partial charge < -0.3 is 15.1 Å². The SMILES string of the molecule is CC(C)(C)N(C(=O)O)[C@@H]1CCN(c2nc(-c3ccccc3O)nc3ccc(F)cc23)C1. The average molecular weight is 424 g/mol. The Morgan fingerprint density at radius 2 is 1.94 bits per heavy atom. The number of nitrogens with zero attached hydrogens (tertiary/aromatic N) is 4. The summed E-state index contributed by atoms with van der Waals surface area (Å²) in [6.07, 6.45) is -0.330. The van der Waals surface area contributed by atoms with Crippen LogP contribution in [-0.4, -0.2) is 55.8 Å². The van der Waals surface area contributed by atoms with Gasteiger partial charge >= 0.3 is 6.09 Å². The molecule has 0 radical (unpaired) electrons. The predicted molar refractivity (Wildman–Crippen MR) is 117 cm³/mol. The summed E-state index contributed by atoms with van der Waals surface area (Å²) < 4.78 is 14.1. The molecule has 3 aromatic rings. The third-order valence-corrected chi connectivity index (χ3v) is 5.54. The smallest absolute Gasteiger partial charge is 0.408 e. The molecule has 2 heterocycles. The van der Waals surface area contributed by atoms with Gasteiger partial charge in [0.15, 0.2) is 5.82 Å². The number of para-hydroxylation sites is 1. The van der Waals surface area contributed by atoms with Gasteiger partial charge in [-0.15, -0.1) is 0 Å². The number of aromatic nitrogens is 2. The predicted octanol–water partition coefficient (Wildman–Crippen LogP) is 4.50. The third-order valence-electron chi connectivity index (χ3n) is 5.54. The number of hydrogen-bond acceptors (Lipinski definition) is 5. The van der Waals surface area contributed by atoms with Crippen LogP contribution in [0.3, 0.4) is 0 Å². The third kappa shape index (κ3) is 3.97. The van der Waals surface area contributed by atoms with Crippen LogP contribution in [0.5, 0.6) is 5.75 Å². The van der Waals surface area contributed by atoms with Crippen LogP contribution in [0.25, 0.3) is 22.3 Å². The van der Waals surface area contributed by atoms with Crippen LogP contribution in [0.1, 0.15) is 27.2 Å². The van der Waals surface area contributed by atoms with E-state index in [0.29, 0.717) is 47.6 Å². The minimum absolute atomic E-state index is 0.0546. The van der Waals surface area contributed by atoms with Crippen molar-refractivity contribution >= 4 is 22.8 Å². The Hall–Kier alpha value is -3.42. The zero-order valence-electron chi connectivity index (χ0n) is 17.7. The normalized spacial score (nSPS) is 16.6. The van der Waals surface area contributed by atoms with E-state index >= 15 is 0 Å². The summed E-state index contributed by atoms with van der Waals surface area (Å²) in [5.41, 5.74) is 0.486. The number of rotatable bonds is 3. The Balaban J connectivity index is 1.79. The van der Waals surface area contributed by atoms with Crippen LogP contribution < -0.4 is 4.90 Å². The van der Waals surface area contributed by atoms with Gasteiger partial charge in [0, 0.05) is 24.0 Å². The van der Waals surface area contributed by atoms with Gasteiger partial charge in [-0.3, -0.25) is 4.90 Å². The monoisotopic (exact) mass is 424 g/mol. The van der Waals surface area contributed by atoms with Crippen molar-refractivity contribution in [3.8, 4) is 17.1 Å². The summed E-state index contributed by atoms with van der Waals surface area (Å²) in [4.78, 5) is 24.6. The summed E-state index contributed by atoms with van der Waals surface area (Å²) in [7, 11) is 0. The van der Waals surface area contributed by atoms with Crippen molar-refractivity contribution in [2.45, 2.75) is 38.8 Å². The largest absolute Gasteiger partial charge is 0.507 e. The zero-order valence-corrected chi connectivity index (χ0v) is 17.7. The first-order valence-corrected chi connectivity index (χ1v) is 10.2. The number of fused-ring (bicyclic) bond motifs is 1. The number of phenolic OH excluding ortho intramolecular Hbond substituents is 1. The van der Waals surface area contributed by atoms with E-state index < -0.39 is 17.4 Å². The molecule has 1 fully saturated rings. The maximum atomic E-state index is 14.1. The molecule has 31 heavy (non-hydrogen) atoms. The fourth-order valence-electron chi connectivity index (χ4n) is 4.24. The highest BCUT2D eigenvalue weighted by Gasteiger charge is 2.38. The molecular formula is C23H25FN4O3. The standard InChI is InChI=1S/C23H25FN4O3/c1-23(2,3)28(22(30)31)15-10-11-27(13-15)21-17-12-14(24)8-9-18(17)25-20(26-21)16-6-4-5-7-19(16)29/h4-9,12,15,29H,10-11,13H2,1-3H3,(H,30,31)/t15-/m1/s1. The number of amides is 1.